The molecule has 4 heteroatoms. The largest absolute Gasteiger partial charge is 0.367 e. The van der Waals surface area contributed by atoms with Crippen molar-refractivity contribution in [3.05, 3.63) is 29.7 Å². The van der Waals surface area contributed by atoms with Gasteiger partial charge in [0.25, 0.3) is 0 Å². The van der Waals surface area contributed by atoms with E-state index in [0.717, 1.165) is 37.1 Å². The molecule has 0 radical (unpaired) electrons. The molecule has 0 unspecified atom stereocenters. The Hall–Kier alpha value is -1.55. The van der Waals surface area contributed by atoms with Gasteiger partial charge in [-0.25, -0.2) is 4.39 Å². The lowest BCUT2D eigenvalue weighted by molar-refractivity contribution is 0.589. The van der Waals surface area contributed by atoms with Crippen molar-refractivity contribution >= 4 is 16.6 Å². The Morgan fingerprint density at radius 3 is 2.67 bits per heavy atom. The summed E-state index contributed by atoms with van der Waals surface area (Å²) in [6.45, 7) is 6.15. The summed E-state index contributed by atoms with van der Waals surface area (Å²) in [7, 11) is 2.00. The summed E-state index contributed by atoms with van der Waals surface area (Å²) in [6.07, 6.45) is 0. The van der Waals surface area contributed by atoms with E-state index in [0.29, 0.717) is 0 Å². The Labute approximate surface area is 106 Å². The Kier molecular flexibility index (Phi) is 2.74. The van der Waals surface area contributed by atoms with Gasteiger partial charge in [0, 0.05) is 44.3 Å². The Morgan fingerprint density at radius 2 is 1.94 bits per heavy atom. The van der Waals surface area contributed by atoms with E-state index in [1.165, 1.54) is 11.4 Å². The van der Waals surface area contributed by atoms with Gasteiger partial charge < -0.3 is 14.8 Å². The molecule has 0 saturated carbocycles. The highest BCUT2D eigenvalue weighted by Gasteiger charge is 2.19. The van der Waals surface area contributed by atoms with Crippen molar-refractivity contribution in [3.63, 3.8) is 0 Å². The third-order valence-electron chi connectivity index (χ3n) is 3.86. The molecule has 18 heavy (non-hydrogen) atoms. The quantitative estimate of drug-likeness (QED) is 0.832. The predicted molar refractivity (Wildman–Crippen MR) is 72.7 cm³/mol. The minimum absolute atomic E-state index is 0.171. The number of anilines is 1. The zero-order valence-corrected chi connectivity index (χ0v) is 10.8. The molecule has 96 valence electrons. The van der Waals surface area contributed by atoms with E-state index in [4.69, 9.17) is 0 Å². The number of aryl methyl sites for hydroxylation is 1. The first-order valence-electron chi connectivity index (χ1n) is 6.38. The predicted octanol–water partition coefficient (Wildman–Crippen LogP) is 2.04. The SMILES string of the molecule is Cc1c(N2CCNCC2)c2ccc(F)cc2n1C. The van der Waals surface area contributed by atoms with Gasteiger partial charge in [-0.15, -0.1) is 0 Å². The molecule has 2 heterocycles. The Morgan fingerprint density at radius 1 is 1.22 bits per heavy atom. The molecular weight excluding hydrogens is 229 g/mol. The van der Waals surface area contributed by atoms with Crippen LogP contribution >= 0.6 is 0 Å². The van der Waals surface area contributed by atoms with Crippen LogP contribution in [0.5, 0.6) is 0 Å². The van der Waals surface area contributed by atoms with Gasteiger partial charge in [-0.2, -0.15) is 0 Å². The molecule has 1 aliphatic rings. The normalized spacial score (nSPS) is 16.5. The van der Waals surface area contributed by atoms with Crippen molar-refractivity contribution in [1.82, 2.24) is 9.88 Å². The lowest BCUT2D eigenvalue weighted by atomic mass is 10.2. The third kappa shape index (κ3) is 1.68. The number of nitrogens with zero attached hydrogens (tertiary/aromatic N) is 2. The molecule has 1 fully saturated rings. The molecule has 0 aliphatic carbocycles. The highest BCUT2D eigenvalue weighted by atomic mass is 19.1. The fraction of sp³-hybridized carbons (Fsp3) is 0.429. The van der Waals surface area contributed by atoms with Crippen LogP contribution in [-0.4, -0.2) is 30.7 Å². The minimum Gasteiger partial charge on any atom is -0.367 e. The van der Waals surface area contributed by atoms with E-state index in [-0.39, 0.29) is 5.82 Å². The summed E-state index contributed by atoms with van der Waals surface area (Å²) in [5.41, 5.74) is 3.44. The molecule has 1 saturated heterocycles. The molecule has 1 aliphatic heterocycles. The van der Waals surface area contributed by atoms with Crippen LogP contribution in [0.25, 0.3) is 10.9 Å². The van der Waals surface area contributed by atoms with Crippen LogP contribution in [0.15, 0.2) is 18.2 Å². The topological polar surface area (TPSA) is 20.2 Å². The molecule has 3 nitrogen and oxygen atoms in total. The average Bonchev–Trinajstić information content (AvgIpc) is 2.64. The number of fused-ring (bicyclic) bond motifs is 1. The summed E-state index contributed by atoms with van der Waals surface area (Å²) in [5.74, 6) is -0.171. The lowest BCUT2D eigenvalue weighted by Gasteiger charge is -2.29. The van der Waals surface area contributed by atoms with Crippen LogP contribution in [0, 0.1) is 12.7 Å². The molecule has 3 rings (SSSR count). The maximum Gasteiger partial charge on any atom is 0.125 e. The second kappa shape index (κ2) is 4.28. The molecule has 0 atom stereocenters. The fourth-order valence-corrected chi connectivity index (χ4v) is 2.80. The smallest absolute Gasteiger partial charge is 0.125 e. The summed E-state index contributed by atoms with van der Waals surface area (Å²) in [6, 6.07) is 5.07. The number of halogens is 1. The van der Waals surface area contributed by atoms with Crippen LogP contribution < -0.4 is 10.2 Å². The molecule has 0 amide bonds. The number of benzene rings is 1. The van der Waals surface area contributed by atoms with Crippen molar-refractivity contribution in [2.45, 2.75) is 6.92 Å². The van der Waals surface area contributed by atoms with Crippen LogP contribution in [0.3, 0.4) is 0 Å². The van der Waals surface area contributed by atoms with Gasteiger partial charge in [0.05, 0.1) is 11.2 Å². The van der Waals surface area contributed by atoms with Gasteiger partial charge in [-0.05, 0) is 25.1 Å². The zero-order valence-electron chi connectivity index (χ0n) is 10.8. The van der Waals surface area contributed by atoms with Gasteiger partial charge in [0.15, 0.2) is 0 Å². The van der Waals surface area contributed by atoms with Crippen LogP contribution in [0.2, 0.25) is 0 Å². The van der Waals surface area contributed by atoms with Gasteiger partial charge in [-0.3, -0.25) is 0 Å². The van der Waals surface area contributed by atoms with Crippen LogP contribution in [0.4, 0.5) is 10.1 Å². The molecular formula is C14H18FN3. The molecule has 0 spiro atoms. The van der Waals surface area contributed by atoms with E-state index < -0.39 is 0 Å². The van der Waals surface area contributed by atoms with E-state index in [1.54, 1.807) is 12.1 Å². The van der Waals surface area contributed by atoms with Crippen LogP contribution in [-0.2, 0) is 7.05 Å². The fourth-order valence-electron chi connectivity index (χ4n) is 2.80. The van der Waals surface area contributed by atoms with E-state index >= 15 is 0 Å². The molecule has 2 aromatic rings. The molecule has 0 bridgehead atoms. The van der Waals surface area contributed by atoms with Gasteiger partial charge in [0.2, 0.25) is 0 Å². The number of nitrogens with one attached hydrogen (secondary N) is 1. The highest BCUT2D eigenvalue weighted by molar-refractivity contribution is 5.95. The molecule has 1 N–H and O–H groups in total. The summed E-state index contributed by atoms with van der Waals surface area (Å²) in [5, 5.41) is 4.51. The Balaban J connectivity index is 2.18. The van der Waals surface area contributed by atoms with Gasteiger partial charge in [-0.1, -0.05) is 0 Å². The van der Waals surface area contributed by atoms with Gasteiger partial charge >= 0.3 is 0 Å². The average molecular weight is 247 g/mol. The highest BCUT2D eigenvalue weighted by Crippen LogP contribution is 2.33. The first-order valence-corrected chi connectivity index (χ1v) is 6.38. The first kappa shape index (κ1) is 11.5. The maximum atomic E-state index is 13.4. The van der Waals surface area contributed by atoms with Crippen molar-refractivity contribution in [3.8, 4) is 0 Å². The maximum absolute atomic E-state index is 13.4. The van der Waals surface area contributed by atoms with Crippen molar-refractivity contribution in [1.29, 1.82) is 0 Å². The number of hydrogen-bond donors (Lipinski definition) is 1. The second-order valence-corrected chi connectivity index (χ2v) is 4.89. The van der Waals surface area contributed by atoms with Gasteiger partial charge in [0.1, 0.15) is 5.82 Å². The monoisotopic (exact) mass is 247 g/mol. The molecule has 1 aromatic carbocycles. The summed E-state index contributed by atoms with van der Waals surface area (Å²) >= 11 is 0. The van der Waals surface area contributed by atoms with E-state index in [2.05, 4.69) is 21.7 Å². The standard InChI is InChI=1S/C14H18FN3/c1-10-14(18-7-5-16-6-8-18)12-4-3-11(15)9-13(12)17(10)2/h3-4,9,16H,5-8H2,1-2H3. The number of aromatic nitrogens is 1. The van der Waals surface area contributed by atoms with E-state index in [9.17, 15) is 4.39 Å². The van der Waals surface area contributed by atoms with Crippen molar-refractivity contribution < 1.29 is 4.39 Å². The molecule has 1 aromatic heterocycles. The first-order chi connectivity index (χ1) is 8.68. The second-order valence-electron chi connectivity index (χ2n) is 4.89. The number of piperazine rings is 1. The van der Waals surface area contributed by atoms with Crippen molar-refractivity contribution in [2.75, 3.05) is 31.1 Å². The number of rotatable bonds is 1. The Bertz CT molecular complexity index is 582. The summed E-state index contributed by atoms with van der Waals surface area (Å²) in [4.78, 5) is 2.39. The summed E-state index contributed by atoms with van der Waals surface area (Å²) < 4.78 is 15.4. The minimum atomic E-state index is -0.171. The number of hydrogen-bond acceptors (Lipinski definition) is 2. The van der Waals surface area contributed by atoms with Crippen LogP contribution in [0.1, 0.15) is 5.69 Å². The third-order valence-corrected chi connectivity index (χ3v) is 3.86. The van der Waals surface area contributed by atoms with Crippen molar-refractivity contribution in [2.24, 2.45) is 7.05 Å². The van der Waals surface area contributed by atoms with E-state index in [1.807, 2.05) is 13.1 Å². The lowest BCUT2D eigenvalue weighted by Crippen LogP contribution is -2.43. The zero-order chi connectivity index (χ0) is 12.7.